The molecule has 8 amide bonds. The monoisotopic (exact) mass is 1800 g/mol. The van der Waals surface area contributed by atoms with Crippen LogP contribution in [0.4, 0.5) is 26.7 Å². The van der Waals surface area contributed by atoms with Gasteiger partial charge >= 0.3 is 17.9 Å². The van der Waals surface area contributed by atoms with E-state index in [1.165, 1.54) is 65.3 Å². The zero-order valence-electron chi connectivity index (χ0n) is 73.5. The Bertz CT molecular complexity index is 4480. The molecule has 4 aromatic rings. The molecule has 4 saturated heterocycles. The molecular formula is C89H120N8O31. The normalized spacial score (nSPS) is 20.2. The Morgan fingerprint density at radius 3 is 1.70 bits per heavy atom. The van der Waals surface area contributed by atoms with E-state index in [-0.39, 0.29) is 202 Å². The van der Waals surface area contributed by atoms with Crippen molar-refractivity contribution in [2.24, 2.45) is 23.7 Å². The number of likely N-dealkylation sites (tertiary alicyclic amines) is 1. The number of nitro benzene ring substituents is 1. The van der Waals surface area contributed by atoms with E-state index in [1.807, 2.05) is 34.6 Å². The number of imide groups is 1. The summed E-state index contributed by atoms with van der Waals surface area (Å²) in [6, 6.07) is 14.6. The largest absolute Gasteiger partial charge is 0.493 e. The molecule has 0 radical (unpaired) electrons. The van der Waals surface area contributed by atoms with Gasteiger partial charge in [-0.3, -0.25) is 53.5 Å². The van der Waals surface area contributed by atoms with Crippen molar-refractivity contribution in [3.05, 3.63) is 129 Å². The van der Waals surface area contributed by atoms with Gasteiger partial charge in [0.05, 0.1) is 192 Å². The van der Waals surface area contributed by atoms with E-state index >= 15 is 0 Å². The summed E-state index contributed by atoms with van der Waals surface area (Å²) < 4.78 is 91.0. The van der Waals surface area contributed by atoms with Gasteiger partial charge in [-0.05, 0) is 66.5 Å². The number of rotatable bonds is 52. The SMILES string of the molecule is C=C1C[C@H]2CN(C(=O)OCc3ccc(O[C@@H]4OC[C@@H](O)[C@H](O)[C@H]4O)c([N+](=O)[O-])c3)c3cc(OCCCOc4cc5c(cc4OC)C(=O)N4CC(=C)C[C@H]4C(O)N5C(=O)OCc4ccc([C@H](C)NC(=O)[C@@H](CC(=O)CCOCCOCCOCCOCCOCCOCCOCCOCCNC(=O)CCN5C(=O)CC(C(C)C)C5=O)C(C)C)cc4)c(OC)cc3C(=O)N2C1. The summed E-state index contributed by atoms with van der Waals surface area (Å²) in [5.74, 6) is -2.90. The Hall–Kier alpha value is -10.5. The van der Waals surface area contributed by atoms with Crippen LogP contribution in [0.2, 0.25) is 0 Å². The molecule has 6 N–H and O–H groups in total. The summed E-state index contributed by atoms with van der Waals surface area (Å²) in [6.07, 6.45) is -8.74. The fourth-order valence-electron chi connectivity index (χ4n) is 15.2. The van der Waals surface area contributed by atoms with E-state index in [0.29, 0.717) is 117 Å². The summed E-state index contributed by atoms with van der Waals surface area (Å²) in [5.41, 5.74) is 2.46. The molecule has 0 aromatic heterocycles. The van der Waals surface area contributed by atoms with Crippen LogP contribution in [0, 0.1) is 33.8 Å². The number of ether oxygens (including phenoxy) is 16. The minimum absolute atomic E-state index is 0.00880. The third kappa shape index (κ3) is 27.5. The van der Waals surface area contributed by atoms with E-state index in [9.17, 15) is 73.7 Å². The number of nitro groups is 1. The van der Waals surface area contributed by atoms with Gasteiger partial charge in [0.15, 0.2) is 35.0 Å². The Morgan fingerprint density at radius 2 is 1.12 bits per heavy atom. The first-order chi connectivity index (χ1) is 61.5. The number of methoxy groups -OCH3 is 2. The molecule has 128 heavy (non-hydrogen) atoms. The molecule has 4 fully saturated rings. The van der Waals surface area contributed by atoms with Gasteiger partial charge in [-0.1, -0.05) is 82.3 Å². The van der Waals surface area contributed by atoms with Gasteiger partial charge in [0.1, 0.15) is 37.3 Å². The van der Waals surface area contributed by atoms with Gasteiger partial charge in [0.2, 0.25) is 29.9 Å². The fraction of sp³-hybridized carbons (Fsp3) is 0.584. The Labute approximate surface area is 742 Å². The number of hydrogen-bond donors (Lipinski definition) is 6. The lowest BCUT2D eigenvalue weighted by Gasteiger charge is -2.34. The zero-order valence-corrected chi connectivity index (χ0v) is 73.5. The lowest BCUT2D eigenvalue weighted by Crippen LogP contribution is -2.54. The highest BCUT2D eigenvalue weighted by atomic mass is 16.7. The summed E-state index contributed by atoms with van der Waals surface area (Å²) in [4.78, 5) is 139. The van der Waals surface area contributed by atoms with E-state index in [4.69, 9.17) is 75.8 Å². The molecule has 0 aliphatic carbocycles. The topological polar surface area (TPSA) is 466 Å². The second-order valence-corrected chi connectivity index (χ2v) is 32.3. The molecule has 0 bridgehead atoms. The highest BCUT2D eigenvalue weighted by Gasteiger charge is 2.48. The average Bonchev–Trinajstić information content (AvgIpc) is 1.60. The van der Waals surface area contributed by atoms with Gasteiger partial charge in [0, 0.05) is 88.3 Å². The van der Waals surface area contributed by atoms with Crippen molar-refractivity contribution in [3.8, 4) is 28.7 Å². The number of carbonyl (C=O) groups is 9. The molecule has 0 spiro atoms. The van der Waals surface area contributed by atoms with Crippen molar-refractivity contribution in [2.45, 2.75) is 142 Å². The number of ketones is 1. The maximum Gasteiger partial charge on any atom is 0.416 e. The molecule has 10 atom stereocenters. The molecule has 2 unspecified atom stereocenters. The highest BCUT2D eigenvalue weighted by Crippen LogP contribution is 2.44. The molecule has 4 aromatic carbocycles. The van der Waals surface area contributed by atoms with Crippen LogP contribution in [0.3, 0.4) is 0 Å². The van der Waals surface area contributed by atoms with Gasteiger partial charge < -0.3 is 117 Å². The quantitative estimate of drug-likeness (QED) is 0.00982. The van der Waals surface area contributed by atoms with Crippen molar-refractivity contribution in [1.82, 2.24) is 25.3 Å². The first-order valence-corrected chi connectivity index (χ1v) is 43.0. The van der Waals surface area contributed by atoms with Crippen LogP contribution in [0.5, 0.6) is 28.7 Å². The third-order valence-electron chi connectivity index (χ3n) is 22.4. The van der Waals surface area contributed by atoms with E-state index in [2.05, 4.69) is 23.8 Å². The van der Waals surface area contributed by atoms with Crippen LogP contribution in [0.15, 0.2) is 91.0 Å². The standard InChI is InChI=1S/C89H120N8O31/c1-54(2)64(42-63(98)18-23-115-25-27-117-29-31-119-33-35-121-37-38-122-36-34-120-32-30-118-28-26-116-24-19-90-78(100)17-20-92-79(101)45-65(55(3)4)83(92)105)82(104)91-58(7)61-14-11-59(12-15-61)51-127-89(110)96-69-47-77(75(114-9)44-67(69)85(107)94-49-57(6)40-71(94)86(96)108)124-22-10-21-123-76-46-68-66(43-74(76)113-8)84(106)93-48-56(5)39-62(93)50-95(68)88(109)126-52-60-13-16-73(70(41-60)97(111)112)128-87-81(103)80(102)72(99)53-125-87/h11-16,41,43-44,46-47,54-55,58,62,64-65,71-72,80-81,86-87,99,102-103,108H,5-6,10,17-40,42,45,48-53H2,1-4,7-9H3,(H,90,100)(H,91,104)/t58-,62-,64-,65?,71-,72+,80-,81+,86?,87-/m0/s1. The predicted molar refractivity (Wildman–Crippen MR) is 456 cm³/mol. The number of benzene rings is 4. The third-order valence-corrected chi connectivity index (χ3v) is 22.4. The van der Waals surface area contributed by atoms with Gasteiger partial charge in [-0.15, -0.1) is 0 Å². The number of carbonyl (C=O) groups excluding carboxylic acids is 9. The summed E-state index contributed by atoms with van der Waals surface area (Å²) >= 11 is 0. The molecule has 0 saturated carbocycles. The predicted octanol–water partition coefficient (Wildman–Crippen LogP) is 5.92. The summed E-state index contributed by atoms with van der Waals surface area (Å²) in [6.45, 7) is 22.5. The van der Waals surface area contributed by atoms with Gasteiger partial charge in [-0.2, -0.15) is 0 Å². The van der Waals surface area contributed by atoms with Crippen molar-refractivity contribution in [3.63, 3.8) is 0 Å². The van der Waals surface area contributed by atoms with Crippen LogP contribution < -0.4 is 44.1 Å². The Morgan fingerprint density at radius 1 is 0.594 bits per heavy atom. The molecule has 10 rings (SSSR count). The lowest BCUT2D eigenvalue weighted by atomic mass is 9.88. The number of amides is 8. The molecule has 6 heterocycles. The number of nitrogens with one attached hydrogen (secondary N) is 2. The minimum atomic E-state index is -1.74. The lowest BCUT2D eigenvalue weighted by molar-refractivity contribution is -0.386. The molecule has 6 aliphatic heterocycles. The second-order valence-electron chi connectivity index (χ2n) is 32.3. The van der Waals surface area contributed by atoms with Crippen molar-refractivity contribution in [2.75, 3.05) is 182 Å². The van der Waals surface area contributed by atoms with Gasteiger partial charge in [0.25, 0.3) is 11.8 Å². The van der Waals surface area contributed by atoms with Crippen LogP contribution >= 0.6 is 0 Å². The molecule has 39 nitrogen and oxygen atoms in total. The van der Waals surface area contributed by atoms with Crippen molar-refractivity contribution < 1.29 is 144 Å². The van der Waals surface area contributed by atoms with Crippen molar-refractivity contribution >= 4 is 70.5 Å². The first kappa shape index (κ1) is 99.6. The molecular weight excluding hydrogens is 1680 g/mol. The average molecular weight is 1800 g/mol. The maximum atomic E-state index is 14.5. The smallest absolute Gasteiger partial charge is 0.416 e. The zero-order chi connectivity index (χ0) is 92.1. The van der Waals surface area contributed by atoms with Crippen molar-refractivity contribution in [1.29, 1.82) is 0 Å². The number of fused-ring (bicyclic) bond motifs is 4. The number of nitrogens with zero attached hydrogens (tertiary/aromatic N) is 6. The Kier molecular flexibility index (Phi) is 38.4. The molecule has 39 heteroatoms. The van der Waals surface area contributed by atoms with Crippen LogP contribution in [0.25, 0.3) is 0 Å². The second kappa shape index (κ2) is 49.3. The van der Waals surface area contributed by atoms with Crippen LogP contribution in [0.1, 0.15) is 123 Å². The first-order valence-electron chi connectivity index (χ1n) is 43.0. The van der Waals surface area contributed by atoms with Gasteiger partial charge in [-0.25, -0.2) is 14.5 Å². The number of Topliss-reactive ketones (excluding diaryl/α,β-unsaturated/α-hetero) is 1. The summed E-state index contributed by atoms with van der Waals surface area (Å²) in [7, 11) is 2.76. The van der Waals surface area contributed by atoms with Crippen LogP contribution in [-0.2, 0) is 89.3 Å². The van der Waals surface area contributed by atoms with Crippen LogP contribution in [-0.4, -0.2) is 309 Å². The summed E-state index contributed by atoms with van der Waals surface area (Å²) in [5, 5.41) is 60.6. The number of aliphatic hydroxyl groups excluding tert-OH is 4. The Balaban J connectivity index is 0.606. The highest BCUT2D eigenvalue weighted by molar-refractivity contribution is 6.08. The minimum Gasteiger partial charge on any atom is -0.493 e. The number of aliphatic hydroxyl groups is 4. The van der Waals surface area contributed by atoms with E-state index in [0.717, 1.165) is 22.1 Å². The number of anilines is 2. The molecule has 6 aliphatic rings. The molecule has 702 valence electrons. The maximum absolute atomic E-state index is 14.5. The van der Waals surface area contributed by atoms with E-state index in [1.54, 1.807) is 29.2 Å². The number of hydrogen-bond acceptors (Lipinski definition) is 31. The fourth-order valence-corrected chi connectivity index (χ4v) is 15.2. The van der Waals surface area contributed by atoms with E-state index < -0.39 is 103 Å².